The molecule has 0 bridgehead atoms. The summed E-state index contributed by atoms with van der Waals surface area (Å²) in [7, 11) is 0.328. The third-order valence-corrected chi connectivity index (χ3v) is 4.49. The highest BCUT2D eigenvalue weighted by atomic mass is 127. The zero-order valence-corrected chi connectivity index (χ0v) is 19.2. The standard InChI is InChI=1S/C17H29N3O4S.HI/c1-6-24-15-8-7-14(11-16(15)23-4)12-19-17(18-3)20-13(2)9-10-25(5,21)22;/h7-8,11,13H,6,9-10,12H2,1-5H3,(H2,18,19,20);1H. The van der Waals surface area contributed by atoms with Crippen molar-refractivity contribution in [1.29, 1.82) is 0 Å². The second kappa shape index (κ2) is 12.2. The van der Waals surface area contributed by atoms with Gasteiger partial charge < -0.3 is 20.1 Å². The van der Waals surface area contributed by atoms with E-state index in [4.69, 9.17) is 9.47 Å². The van der Waals surface area contributed by atoms with Crippen LogP contribution in [0.25, 0.3) is 0 Å². The summed E-state index contributed by atoms with van der Waals surface area (Å²) in [6.45, 7) is 4.99. The molecule has 1 aromatic rings. The van der Waals surface area contributed by atoms with E-state index in [2.05, 4.69) is 15.6 Å². The van der Waals surface area contributed by atoms with Crippen molar-refractivity contribution in [3.8, 4) is 11.5 Å². The third-order valence-electron chi connectivity index (χ3n) is 3.52. The molecule has 0 saturated carbocycles. The van der Waals surface area contributed by atoms with E-state index >= 15 is 0 Å². The van der Waals surface area contributed by atoms with Crippen molar-refractivity contribution in [1.82, 2.24) is 10.6 Å². The number of aliphatic imine (C=N–C) groups is 1. The van der Waals surface area contributed by atoms with E-state index in [-0.39, 0.29) is 35.8 Å². The molecule has 0 spiro atoms. The number of hydrogen-bond donors (Lipinski definition) is 2. The van der Waals surface area contributed by atoms with Crippen molar-refractivity contribution in [2.24, 2.45) is 4.99 Å². The highest BCUT2D eigenvalue weighted by Crippen LogP contribution is 2.27. The zero-order valence-electron chi connectivity index (χ0n) is 16.0. The smallest absolute Gasteiger partial charge is 0.191 e. The lowest BCUT2D eigenvalue weighted by atomic mass is 10.2. The second-order valence-electron chi connectivity index (χ2n) is 5.81. The number of methoxy groups -OCH3 is 1. The lowest BCUT2D eigenvalue weighted by molar-refractivity contribution is 0.310. The molecule has 0 radical (unpaired) electrons. The van der Waals surface area contributed by atoms with Crippen molar-refractivity contribution in [3.63, 3.8) is 0 Å². The van der Waals surface area contributed by atoms with Crippen molar-refractivity contribution in [2.75, 3.05) is 32.8 Å². The summed E-state index contributed by atoms with van der Waals surface area (Å²) in [6.07, 6.45) is 1.77. The fraction of sp³-hybridized carbons (Fsp3) is 0.588. The molecular formula is C17H30IN3O4S. The molecule has 0 aliphatic carbocycles. The normalized spacial score (nSPS) is 12.7. The van der Waals surface area contributed by atoms with Crippen LogP contribution >= 0.6 is 24.0 Å². The van der Waals surface area contributed by atoms with Gasteiger partial charge in [0.2, 0.25) is 0 Å². The highest BCUT2D eigenvalue weighted by molar-refractivity contribution is 14.0. The van der Waals surface area contributed by atoms with Crippen molar-refractivity contribution < 1.29 is 17.9 Å². The van der Waals surface area contributed by atoms with Crippen LogP contribution in [0.2, 0.25) is 0 Å². The van der Waals surface area contributed by atoms with Crippen LogP contribution in [0, 0.1) is 0 Å². The number of sulfone groups is 1. The fourth-order valence-electron chi connectivity index (χ4n) is 2.17. The third kappa shape index (κ3) is 9.46. The molecule has 9 heteroatoms. The predicted octanol–water partition coefficient (Wildman–Crippen LogP) is 2.20. The SMILES string of the molecule is CCOc1ccc(CNC(=NC)NC(C)CCS(C)(=O)=O)cc1OC.I. The van der Waals surface area contributed by atoms with Crippen LogP contribution in [0.1, 0.15) is 25.8 Å². The Hall–Kier alpha value is -1.23. The number of guanidine groups is 1. The maximum Gasteiger partial charge on any atom is 0.191 e. The minimum absolute atomic E-state index is 0. The monoisotopic (exact) mass is 499 g/mol. The first-order chi connectivity index (χ1) is 11.8. The maximum absolute atomic E-state index is 11.2. The first-order valence-corrected chi connectivity index (χ1v) is 10.3. The highest BCUT2D eigenvalue weighted by Gasteiger charge is 2.10. The van der Waals surface area contributed by atoms with Crippen LogP contribution in [0.4, 0.5) is 0 Å². The topological polar surface area (TPSA) is 89.0 Å². The van der Waals surface area contributed by atoms with E-state index in [1.807, 2.05) is 32.0 Å². The Morgan fingerprint density at radius 1 is 1.31 bits per heavy atom. The minimum Gasteiger partial charge on any atom is -0.493 e. The molecule has 0 heterocycles. The van der Waals surface area contributed by atoms with Crippen molar-refractivity contribution in [2.45, 2.75) is 32.9 Å². The quantitative estimate of drug-likeness (QED) is 0.308. The Bertz CT molecular complexity index is 681. The molecule has 0 aliphatic rings. The number of ether oxygens (including phenoxy) is 2. The van der Waals surface area contributed by atoms with Gasteiger partial charge in [0.05, 0.1) is 19.5 Å². The lowest BCUT2D eigenvalue weighted by Crippen LogP contribution is -2.42. The molecule has 26 heavy (non-hydrogen) atoms. The Morgan fingerprint density at radius 2 is 2.00 bits per heavy atom. The van der Waals surface area contributed by atoms with Gasteiger partial charge in [-0.15, -0.1) is 24.0 Å². The fourth-order valence-corrected chi connectivity index (χ4v) is 2.96. The van der Waals surface area contributed by atoms with E-state index < -0.39 is 9.84 Å². The van der Waals surface area contributed by atoms with Gasteiger partial charge in [0.1, 0.15) is 9.84 Å². The van der Waals surface area contributed by atoms with E-state index in [1.54, 1.807) is 14.2 Å². The summed E-state index contributed by atoms with van der Waals surface area (Å²) in [5.41, 5.74) is 1.02. The van der Waals surface area contributed by atoms with E-state index in [9.17, 15) is 8.42 Å². The second-order valence-corrected chi connectivity index (χ2v) is 8.07. The molecule has 1 atom stereocenters. The molecule has 0 amide bonds. The number of rotatable bonds is 9. The summed E-state index contributed by atoms with van der Waals surface area (Å²) in [5.74, 6) is 2.17. The Morgan fingerprint density at radius 3 is 2.54 bits per heavy atom. The Balaban J connectivity index is 0.00000625. The lowest BCUT2D eigenvalue weighted by Gasteiger charge is -2.18. The van der Waals surface area contributed by atoms with Crippen LogP contribution in [-0.4, -0.2) is 53.2 Å². The number of hydrogen-bond acceptors (Lipinski definition) is 5. The predicted molar refractivity (Wildman–Crippen MR) is 117 cm³/mol. The molecule has 0 fully saturated rings. The van der Waals surface area contributed by atoms with Gasteiger partial charge in [-0.3, -0.25) is 4.99 Å². The number of benzene rings is 1. The largest absolute Gasteiger partial charge is 0.493 e. The molecule has 0 aliphatic heterocycles. The molecular weight excluding hydrogens is 469 g/mol. The van der Waals surface area contributed by atoms with Gasteiger partial charge in [-0.05, 0) is 38.0 Å². The molecule has 1 rings (SSSR count). The van der Waals surface area contributed by atoms with Gasteiger partial charge >= 0.3 is 0 Å². The van der Waals surface area contributed by atoms with E-state index in [0.29, 0.717) is 37.0 Å². The molecule has 0 aromatic heterocycles. The van der Waals surface area contributed by atoms with Gasteiger partial charge in [-0.25, -0.2) is 8.42 Å². The summed E-state index contributed by atoms with van der Waals surface area (Å²) in [6, 6.07) is 5.75. The van der Waals surface area contributed by atoms with Crippen molar-refractivity contribution in [3.05, 3.63) is 23.8 Å². The van der Waals surface area contributed by atoms with Crippen LogP contribution < -0.4 is 20.1 Å². The maximum atomic E-state index is 11.2. The van der Waals surface area contributed by atoms with Gasteiger partial charge in [-0.2, -0.15) is 0 Å². The molecule has 7 nitrogen and oxygen atoms in total. The first-order valence-electron chi connectivity index (χ1n) is 8.23. The van der Waals surface area contributed by atoms with E-state index in [1.165, 1.54) is 6.26 Å². The number of halogens is 1. The first kappa shape index (κ1) is 24.8. The van der Waals surface area contributed by atoms with Gasteiger partial charge in [0.15, 0.2) is 17.5 Å². The van der Waals surface area contributed by atoms with Gasteiger partial charge in [-0.1, -0.05) is 6.07 Å². The van der Waals surface area contributed by atoms with Gasteiger partial charge in [0.25, 0.3) is 0 Å². The molecule has 0 saturated heterocycles. The van der Waals surface area contributed by atoms with Crippen LogP contribution in [0.5, 0.6) is 11.5 Å². The summed E-state index contributed by atoms with van der Waals surface area (Å²) < 4.78 is 33.3. The minimum atomic E-state index is -2.96. The average molecular weight is 499 g/mol. The number of nitrogens with zero attached hydrogens (tertiary/aromatic N) is 1. The average Bonchev–Trinajstić information content (AvgIpc) is 2.57. The molecule has 150 valence electrons. The zero-order chi connectivity index (χ0) is 18.9. The van der Waals surface area contributed by atoms with Gasteiger partial charge in [0, 0.05) is 25.9 Å². The van der Waals surface area contributed by atoms with Crippen molar-refractivity contribution >= 4 is 39.8 Å². The van der Waals surface area contributed by atoms with Crippen LogP contribution in [0.15, 0.2) is 23.2 Å². The Kier molecular flexibility index (Phi) is 11.6. The summed E-state index contributed by atoms with van der Waals surface area (Å²) in [5, 5.41) is 6.40. The summed E-state index contributed by atoms with van der Waals surface area (Å²) in [4.78, 5) is 4.17. The van der Waals surface area contributed by atoms with Crippen LogP contribution in [-0.2, 0) is 16.4 Å². The van der Waals surface area contributed by atoms with Crippen LogP contribution in [0.3, 0.4) is 0 Å². The Labute approximate surface area is 173 Å². The summed E-state index contributed by atoms with van der Waals surface area (Å²) >= 11 is 0. The number of nitrogens with one attached hydrogen (secondary N) is 2. The molecule has 1 aromatic carbocycles. The van der Waals surface area contributed by atoms with E-state index in [0.717, 1.165) is 5.56 Å². The molecule has 2 N–H and O–H groups in total. The molecule has 1 unspecified atom stereocenters.